The summed E-state index contributed by atoms with van der Waals surface area (Å²) in [4.78, 5) is 10.7. The van der Waals surface area contributed by atoms with E-state index in [1.54, 1.807) is 0 Å². The van der Waals surface area contributed by atoms with E-state index in [9.17, 15) is 9.18 Å². The molecule has 1 rings (SSSR count). The molecule has 0 aliphatic carbocycles. The van der Waals surface area contributed by atoms with Crippen LogP contribution < -0.4 is 0 Å². The highest BCUT2D eigenvalue weighted by atomic mass is 35.5. The van der Waals surface area contributed by atoms with Crippen LogP contribution in [0.5, 0.6) is 0 Å². The van der Waals surface area contributed by atoms with Crippen LogP contribution in [0.25, 0.3) is 0 Å². The van der Waals surface area contributed by atoms with E-state index >= 15 is 0 Å². The summed E-state index contributed by atoms with van der Waals surface area (Å²) in [5.74, 6) is -0.594. The van der Waals surface area contributed by atoms with Gasteiger partial charge in [0, 0.05) is 5.56 Å². The molecule has 0 aliphatic heterocycles. The molecule has 0 bridgehead atoms. The Hall–Kier alpha value is -0.600. The van der Waals surface area contributed by atoms with Gasteiger partial charge in [0.25, 0.3) is 5.24 Å². The van der Waals surface area contributed by atoms with Gasteiger partial charge < -0.3 is 0 Å². The van der Waals surface area contributed by atoms with Crippen LogP contribution in [0.3, 0.4) is 0 Å². The molecule has 0 heterocycles. The zero-order chi connectivity index (χ0) is 9.30. The number of carbonyl (C=O) groups excluding carboxylic acids is 1. The van der Waals surface area contributed by atoms with Crippen molar-refractivity contribution in [2.45, 2.75) is 6.92 Å². The zero-order valence-electron chi connectivity index (χ0n) is 6.20. The van der Waals surface area contributed by atoms with Crippen molar-refractivity contribution in [2.75, 3.05) is 0 Å². The summed E-state index contributed by atoms with van der Waals surface area (Å²) in [7, 11) is 0. The second-order valence-corrected chi connectivity index (χ2v) is 3.06. The van der Waals surface area contributed by atoms with Crippen LogP contribution >= 0.6 is 23.2 Å². The lowest BCUT2D eigenvalue weighted by atomic mass is 10.1. The van der Waals surface area contributed by atoms with Crippen molar-refractivity contribution in [2.24, 2.45) is 0 Å². The molecule has 0 aliphatic rings. The third-order valence-electron chi connectivity index (χ3n) is 1.55. The molecule has 0 amide bonds. The zero-order valence-corrected chi connectivity index (χ0v) is 7.71. The molecule has 0 saturated heterocycles. The summed E-state index contributed by atoms with van der Waals surface area (Å²) in [6.07, 6.45) is 0. The average molecular weight is 207 g/mol. The van der Waals surface area contributed by atoms with E-state index in [0.717, 1.165) is 0 Å². The molecule has 64 valence electrons. The van der Waals surface area contributed by atoms with Gasteiger partial charge in [-0.2, -0.15) is 0 Å². The largest absolute Gasteiger partial charge is 0.276 e. The van der Waals surface area contributed by atoms with Crippen molar-refractivity contribution in [1.82, 2.24) is 0 Å². The molecule has 1 aromatic carbocycles. The monoisotopic (exact) mass is 206 g/mol. The van der Waals surface area contributed by atoms with Crippen molar-refractivity contribution in [3.05, 3.63) is 34.1 Å². The van der Waals surface area contributed by atoms with E-state index < -0.39 is 11.1 Å². The molecule has 0 N–H and O–H groups in total. The first-order chi connectivity index (χ1) is 5.54. The van der Waals surface area contributed by atoms with Crippen molar-refractivity contribution in [1.29, 1.82) is 0 Å². The summed E-state index contributed by atoms with van der Waals surface area (Å²) in [6, 6.07) is 2.70. The normalized spacial score (nSPS) is 10.0. The van der Waals surface area contributed by atoms with Gasteiger partial charge in [0.1, 0.15) is 5.82 Å². The maximum atomic E-state index is 13.0. The van der Waals surface area contributed by atoms with Crippen LogP contribution in [0.2, 0.25) is 5.02 Å². The minimum Gasteiger partial charge on any atom is -0.276 e. The fourth-order valence-corrected chi connectivity index (χ4v) is 1.27. The average Bonchev–Trinajstić information content (AvgIpc) is 2.00. The predicted molar refractivity (Wildman–Crippen MR) is 46.3 cm³/mol. The lowest BCUT2D eigenvalue weighted by molar-refractivity contribution is 0.108. The Balaban J connectivity index is 3.36. The van der Waals surface area contributed by atoms with Gasteiger partial charge in [-0.05, 0) is 36.2 Å². The van der Waals surface area contributed by atoms with Gasteiger partial charge in [-0.1, -0.05) is 11.6 Å². The maximum absolute atomic E-state index is 13.0. The summed E-state index contributed by atoms with van der Waals surface area (Å²) in [6.45, 7) is 1.46. The lowest BCUT2D eigenvalue weighted by Gasteiger charge is -2.02. The Morgan fingerprint density at radius 1 is 1.50 bits per heavy atom. The van der Waals surface area contributed by atoms with Crippen molar-refractivity contribution in [3.63, 3.8) is 0 Å². The second kappa shape index (κ2) is 3.42. The first kappa shape index (κ1) is 9.49. The van der Waals surface area contributed by atoms with Crippen LogP contribution in [-0.2, 0) is 0 Å². The molecule has 0 fully saturated rings. The number of hydrogen-bond acceptors (Lipinski definition) is 1. The van der Waals surface area contributed by atoms with Crippen LogP contribution in [-0.4, -0.2) is 5.24 Å². The smallest absolute Gasteiger partial charge is 0.252 e. The highest BCUT2D eigenvalue weighted by Crippen LogP contribution is 2.21. The van der Waals surface area contributed by atoms with Gasteiger partial charge in [0.15, 0.2) is 0 Å². The topological polar surface area (TPSA) is 17.1 Å². The number of benzene rings is 1. The Morgan fingerprint density at radius 2 is 2.08 bits per heavy atom. The van der Waals surface area contributed by atoms with Gasteiger partial charge in [0.05, 0.1) is 5.02 Å². The summed E-state index contributed by atoms with van der Waals surface area (Å²) >= 11 is 10.6. The number of rotatable bonds is 1. The highest BCUT2D eigenvalue weighted by Gasteiger charge is 2.11. The SMILES string of the molecule is Cc1c(C(=O)Cl)ccc(Cl)c1F. The van der Waals surface area contributed by atoms with Gasteiger partial charge in [-0.25, -0.2) is 4.39 Å². The molecule has 12 heavy (non-hydrogen) atoms. The minimum absolute atomic E-state index is 0.00540. The standard InChI is InChI=1S/C8H5Cl2FO/c1-4-5(8(10)12)2-3-6(9)7(4)11/h2-3H,1H3. The predicted octanol–water partition coefficient (Wildman–Crippen LogP) is 3.17. The van der Waals surface area contributed by atoms with Gasteiger partial charge in [0.2, 0.25) is 0 Å². The molecular weight excluding hydrogens is 202 g/mol. The lowest BCUT2D eigenvalue weighted by Crippen LogP contribution is -1.96. The molecule has 0 aromatic heterocycles. The van der Waals surface area contributed by atoms with E-state index in [-0.39, 0.29) is 16.1 Å². The van der Waals surface area contributed by atoms with Crippen LogP contribution in [0.15, 0.2) is 12.1 Å². The van der Waals surface area contributed by atoms with Gasteiger partial charge in [-0.3, -0.25) is 4.79 Å². The summed E-state index contributed by atoms with van der Waals surface area (Å²) < 4.78 is 13.0. The van der Waals surface area contributed by atoms with Crippen molar-refractivity contribution < 1.29 is 9.18 Å². The second-order valence-electron chi connectivity index (χ2n) is 2.31. The van der Waals surface area contributed by atoms with Crippen molar-refractivity contribution >= 4 is 28.4 Å². The Kier molecular flexibility index (Phi) is 2.70. The maximum Gasteiger partial charge on any atom is 0.252 e. The van der Waals surface area contributed by atoms with E-state index in [0.29, 0.717) is 0 Å². The third-order valence-corrected chi connectivity index (χ3v) is 2.05. The van der Waals surface area contributed by atoms with Crippen LogP contribution in [0.1, 0.15) is 15.9 Å². The molecule has 0 saturated carbocycles. The quantitative estimate of drug-likeness (QED) is 0.646. The molecule has 0 atom stereocenters. The number of hydrogen-bond donors (Lipinski definition) is 0. The van der Waals surface area contributed by atoms with E-state index in [4.69, 9.17) is 23.2 Å². The highest BCUT2D eigenvalue weighted by molar-refractivity contribution is 6.67. The summed E-state index contributed by atoms with van der Waals surface area (Å²) in [5.41, 5.74) is 0.334. The molecule has 0 radical (unpaired) electrons. The first-order valence-electron chi connectivity index (χ1n) is 3.18. The molecule has 4 heteroatoms. The third kappa shape index (κ3) is 1.59. The van der Waals surface area contributed by atoms with Crippen molar-refractivity contribution in [3.8, 4) is 0 Å². The van der Waals surface area contributed by atoms with Gasteiger partial charge >= 0.3 is 0 Å². The Morgan fingerprint density at radius 3 is 2.58 bits per heavy atom. The fraction of sp³-hybridized carbons (Fsp3) is 0.125. The van der Waals surface area contributed by atoms with Crippen LogP contribution in [0, 0.1) is 12.7 Å². The molecule has 1 aromatic rings. The van der Waals surface area contributed by atoms with Crippen LogP contribution in [0.4, 0.5) is 4.39 Å². The fourth-order valence-electron chi connectivity index (χ4n) is 0.865. The molecule has 1 nitrogen and oxygen atoms in total. The minimum atomic E-state index is -0.678. The molecule has 0 spiro atoms. The molecule has 0 unspecified atom stereocenters. The number of halogens is 3. The Bertz CT molecular complexity index is 336. The number of carbonyl (C=O) groups is 1. The van der Waals surface area contributed by atoms with Gasteiger partial charge in [-0.15, -0.1) is 0 Å². The van der Waals surface area contributed by atoms with E-state index in [2.05, 4.69) is 0 Å². The molecular formula is C8H5Cl2FO. The van der Waals surface area contributed by atoms with E-state index in [1.807, 2.05) is 0 Å². The Labute approximate surface area is 79.1 Å². The summed E-state index contributed by atoms with van der Waals surface area (Å²) in [5, 5.41) is -0.683. The van der Waals surface area contributed by atoms with E-state index in [1.165, 1.54) is 19.1 Å². The first-order valence-corrected chi connectivity index (χ1v) is 3.94.